The Balaban J connectivity index is 1.97. The average molecular weight is 290 g/mol. The number of ether oxygens (including phenoxy) is 1. The lowest BCUT2D eigenvalue weighted by atomic mass is 10.0. The Kier molecular flexibility index (Phi) is 4.26. The molecule has 2 atom stereocenters. The molecule has 0 spiro atoms. The van der Waals surface area contributed by atoms with E-state index in [1.165, 1.54) is 6.07 Å². The molecule has 0 aromatic carbocycles. The van der Waals surface area contributed by atoms with Gasteiger partial charge in [0.2, 0.25) is 10.0 Å². The van der Waals surface area contributed by atoms with Gasteiger partial charge in [-0.05, 0) is 18.9 Å². The highest BCUT2D eigenvalue weighted by Crippen LogP contribution is 2.25. The second-order valence-electron chi connectivity index (χ2n) is 4.42. The van der Waals surface area contributed by atoms with Crippen molar-refractivity contribution >= 4 is 27.0 Å². The zero-order chi connectivity index (χ0) is 13.2. The Morgan fingerprint density at radius 2 is 2.39 bits per heavy atom. The van der Waals surface area contributed by atoms with Crippen LogP contribution in [-0.2, 0) is 14.8 Å². The summed E-state index contributed by atoms with van der Waals surface area (Å²) in [5.41, 5.74) is 6.02. The number of thiophene rings is 1. The monoisotopic (exact) mass is 290 g/mol. The van der Waals surface area contributed by atoms with E-state index in [2.05, 4.69) is 11.6 Å². The molecule has 2 rings (SSSR count). The summed E-state index contributed by atoms with van der Waals surface area (Å²) in [6, 6.07) is 1.48. The Hall–Kier alpha value is -0.630. The van der Waals surface area contributed by atoms with Crippen molar-refractivity contribution in [3.8, 4) is 0 Å². The van der Waals surface area contributed by atoms with Crippen LogP contribution in [0.25, 0.3) is 0 Å². The maximum atomic E-state index is 12.0. The van der Waals surface area contributed by atoms with E-state index in [-0.39, 0.29) is 16.2 Å². The third-order valence-corrected chi connectivity index (χ3v) is 6.03. The molecule has 2 heterocycles. The van der Waals surface area contributed by atoms with E-state index in [1.54, 1.807) is 5.38 Å². The van der Waals surface area contributed by atoms with Gasteiger partial charge in [-0.25, -0.2) is 13.1 Å². The second-order valence-corrected chi connectivity index (χ2v) is 7.32. The van der Waals surface area contributed by atoms with Crippen LogP contribution in [0.3, 0.4) is 0 Å². The lowest BCUT2D eigenvalue weighted by Crippen LogP contribution is -2.32. The second kappa shape index (κ2) is 5.56. The molecule has 0 amide bonds. The number of nitrogens with two attached hydrogens (primary N) is 1. The minimum absolute atomic E-state index is 0.168. The van der Waals surface area contributed by atoms with Crippen molar-refractivity contribution in [1.82, 2.24) is 4.72 Å². The van der Waals surface area contributed by atoms with Crippen LogP contribution in [0.1, 0.15) is 19.8 Å². The van der Waals surface area contributed by atoms with Crippen LogP contribution in [0.5, 0.6) is 0 Å². The van der Waals surface area contributed by atoms with Crippen molar-refractivity contribution in [3.63, 3.8) is 0 Å². The number of hydrogen-bond acceptors (Lipinski definition) is 5. The third-order valence-electron chi connectivity index (χ3n) is 3.14. The molecule has 0 aliphatic carbocycles. The third kappa shape index (κ3) is 3.03. The number of rotatable bonds is 5. The van der Waals surface area contributed by atoms with Gasteiger partial charge in [0.25, 0.3) is 0 Å². The fourth-order valence-corrected chi connectivity index (χ4v) is 4.36. The molecule has 102 valence electrons. The first-order chi connectivity index (χ1) is 8.53. The van der Waals surface area contributed by atoms with Gasteiger partial charge in [0.15, 0.2) is 0 Å². The maximum Gasteiger partial charge on any atom is 0.250 e. The summed E-state index contributed by atoms with van der Waals surface area (Å²) in [5, 5.41) is 1.63. The summed E-state index contributed by atoms with van der Waals surface area (Å²) in [6.07, 6.45) is 1.99. The van der Waals surface area contributed by atoms with E-state index in [0.717, 1.165) is 30.8 Å². The van der Waals surface area contributed by atoms with Crippen LogP contribution >= 0.6 is 11.3 Å². The first-order valence-electron chi connectivity index (χ1n) is 5.98. The molecule has 1 aliphatic rings. The number of hydrogen-bond donors (Lipinski definition) is 2. The molecule has 0 radical (unpaired) electrons. The minimum Gasteiger partial charge on any atom is -0.398 e. The molecule has 0 saturated carbocycles. The highest BCUT2D eigenvalue weighted by atomic mass is 32.2. The first-order valence-corrected chi connectivity index (χ1v) is 8.34. The molecule has 1 aliphatic heterocycles. The van der Waals surface area contributed by atoms with Crippen molar-refractivity contribution in [3.05, 3.63) is 11.4 Å². The van der Waals surface area contributed by atoms with E-state index in [1.807, 2.05) is 0 Å². The van der Waals surface area contributed by atoms with E-state index in [0.29, 0.717) is 12.2 Å². The van der Waals surface area contributed by atoms with Crippen molar-refractivity contribution in [2.75, 3.05) is 18.9 Å². The van der Waals surface area contributed by atoms with E-state index in [4.69, 9.17) is 10.5 Å². The van der Waals surface area contributed by atoms with Crippen molar-refractivity contribution in [2.45, 2.75) is 30.1 Å². The zero-order valence-corrected chi connectivity index (χ0v) is 11.9. The molecule has 1 aromatic heterocycles. The van der Waals surface area contributed by atoms with Crippen molar-refractivity contribution < 1.29 is 13.2 Å². The Bertz CT molecular complexity index is 498. The molecular weight excluding hydrogens is 272 g/mol. The number of nitrogens with one attached hydrogen (secondary N) is 1. The van der Waals surface area contributed by atoms with Gasteiger partial charge in [-0.3, -0.25) is 0 Å². The van der Waals surface area contributed by atoms with Crippen LogP contribution < -0.4 is 10.5 Å². The summed E-state index contributed by atoms with van der Waals surface area (Å²) < 4.78 is 32.5. The van der Waals surface area contributed by atoms with Crippen LogP contribution in [0.4, 0.5) is 5.69 Å². The summed E-state index contributed by atoms with van der Waals surface area (Å²) in [4.78, 5) is 0. The van der Waals surface area contributed by atoms with E-state index in [9.17, 15) is 8.42 Å². The largest absolute Gasteiger partial charge is 0.398 e. The Morgan fingerprint density at radius 1 is 1.61 bits per heavy atom. The molecule has 18 heavy (non-hydrogen) atoms. The van der Waals surface area contributed by atoms with Crippen LogP contribution in [0.15, 0.2) is 15.7 Å². The summed E-state index contributed by atoms with van der Waals surface area (Å²) in [7, 11) is -3.43. The van der Waals surface area contributed by atoms with Crippen molar-refractivity contribution in [1.29, 1.82) is 0 Å². The molecule has 7 heteroatoms. The van der Waals surface area contributed by atoms with Gasteiger partial charge in [-0.15, -0.1) is 11.3 Å². The van der Waals surface area contributed by atoms with Crippen molar-refractivity contribution in [2.24, 2.45) is 5.92 Å². The molecule has 2 unspecified atom stereocenters. The normalized spacial score (nSPS) is 24.5. The zero-order valence-electron chi connectivity index (χ0n) is 10.3. The lowest BCUT2D eigenvalue weighted by Gasteiger charge is -2.16. The molecule has 0 bridgehead atoms. The van der Waals surface area contributed by atoms with Gasteiger partial charge < -0.3 is 10.5 Å². The van der Waals surface area contributed by atoms with Crippen LogP contribution in [-0.4, -0.2) is 27.7 Å². The number of sulfonamides is 1. The summed E-state index contributed by atoms with van der Waals surface area (Å²) in [5.74, 6) is 0.266. The predicted molar refractivity (Wildman–Crippen MR) is 72.1 cm³/mol. The minimum atomic E-state index is -3.43. The van der Waals surface area contributed by atoms with Gasteiger partial charge in [0, 0.05) is 30.1 Å². The quantitative estimate of drug-likeness (QED) is 0.859. The Morgan fingerprint density at radius 3 is 3.00 bits per heavy atom. The summed E-state index contributed by atoms with van der Waals surface area (Å²) >= 11 is 1.14. The SMILES string of the molecule is CCC1OCCC1CNS(=O)(=O)c1cc(N)cs1. The van der Waals surface area contributed by atoms with Crippen LogP contribution in [0, 0.1) is 5.92 Å². The smallest absolute Gasteiger partial charge is 0.250 e. The molecule has 3 N–H and O–H groups in total. The molecule has 5 nitrogen and oxygen atoms in total. The van der Waals surface area contributed by atoms with Gasteiger partial charge >= 0.3 is 0 Å². The fourth-order valence-electron chi connectivity index (χ4n) is 2.14. The molecule has 1 aromatic rings. The topological polar surface area (TPSA) is 81.4 Å². The van der Waals surface area contributed by atoms with Gasteiger partial charge in [0.05, 0.1) is 6.10 Å². The number of nitrogen functional groups attached to an aromatic ring is 1. The highest BCUT2D eigenvalue weighted by molar-refractivity contribution is 7.91. The molecular formula is C11H18N2O3S2. The van der Waals surface area contributed by atoms with E-state index < -0.39 is 10.0 Å². The standard InChI is InChI=1S/C11H18N2O3S2/c1-2-10-8(3-4-16-10)6-13-18(14,15)11-5-9(12)7-17-11/h5,7-8,10,13H,2-4,6,12H2,1H3. The van der Waals surface area contributed by atoms with Gasteiger partial charge in [-0.2, -0.15) is 0 Å². The number of anilines is 1. The first kappa shape index (κ1) is 13.8. The highest BCUT2D eigenvalue weighted by Gasteiger charge is 2.28. The van der Waals surface area contributed by atoms with Gasteiger partial charge in [0.1, 0.15) is 4.21 Å². The van der Waals surface area contributed by atoms with E-state index >= 15 is 0 Å². The van der Waals surface area contributed by atoms with Crippen LogP contribution in [0.2, 0.25) is 0 Å². The maximum absolute atomic E-state index is 12.0. The predicted octanol–water partition coefficient (Wildman–Crippen LogP) is 1.42. The average Bonchev–Trinajstić information content (AvgIpc) is 2.94. The fraction of sp³-hybridized carbons (Fsp3) is 0.636. The van der Waals surface area contributed by atoms with Gasteiger partial charge in [-0.1, -0.05) is 6.92 Å². The molecule has 1 fully saturated rings. The summed E-state index contributed by atoms with van der Waals surface area (Å²) in [6.45, 7) is 3.20. The molecule has 1 saturated heterocycles. The lowest BCUT2D eigenvalue weighted by molar-refractivity contribution is 0.0884. The Labute approximate surface area is 111 Å².